The van der Waals surface area contributed by atoms with E-state index in [1.807, 2.05) is 30.3 Å². The highest BCUT2D eigenvalue weighted by Crippen LogP contribution is 2.45. The summed E-state index contributed by atoms with van der Waals surface area (Å²) in [7, 11) is 0. The molecule has 1 amide bonds. The Balaban J connectivity index is 1.80. The van der Waals surface area contributed by atoms with Crippen molar-refractivity contribution in [2.75, 3.05) is 0 Å². The molecule has 0 saturated carbocycles. The van der Waals surface area contributed by atoms with Crippen LogP contribution in [-0.4, -0.2) is 16.8 Å². The fourth-order valence-electron chi connectivity index (χ4n) is 4.29. The van der Waals surface area contributed by atoms with E-state index < -0.39 is 0 Å². The molecule has 1 fully saturated rings. The number of hydrogen-bond acceptors (Lipinski definition) is 1. The van der Waals surface area contributed by atoms with Crippen molar-refractivity contribution in [3.05, 3.63) is 81.9 Å². The van der Waals surface area contributed by atoms with Crippen molar-refractivity contribution in [1.29, 1.82) is 0 Å². The van der Waals surface area contributed by atoms with Gasteiger partial charge < -0.3 is 4.90 Å². The molecule has 134 valence electrons. The lowest BCUT2D eigenvalue weighted by Crippen LogP contribution is -2.46. The van der Waals surface area contributed by atoms with Crippen LogP contribution in [-0.2, 0) is 4.79 Å². The van der Waals surface area contributed by atoms with E-state index in [1.165, 1.54) is 5.56 Å². The highest BCUT2D eigenvalue weighted by atomic mass is 35.5. The van der Waals surface area contributed by atoms with Crippen molar-refractivity contribution in [2.24, 2.45) is 0 Å². The predicted octanol–water partition coefficient (Wildman–Crippen LogP) is 6.16. The molecule has 3 unspecified atom stereocenters. The van der Waals surface area contributed by atoms with E-state index in [0.29, 0.717) is 11.4 Å². The lowest BCUT2D eigenvalue weighted by atomic mass is 9.79. The minimum Gasteiger partial charge on any atom is -0.329 e. The Hall–Kier alpha value is -1.77. The molecule has 2 aromatic carbocycles. The van der Waals surface area contributed by atoms with Crippen LogP contribution in [0.15, 0.2) is 60.7 Å². The number of likely N-dealkylation sites (tertiary alicyclic amines) is 1. The molecule has 2 nitrogen and oxygen atoms in total. The summed E-state index contributed by atoms with van der Waals surface area (Å²) in [4.78, 5) is 15.0. The molecule has 1 aliphatic carbocycles. The van der Waals surface area contributed by atoms with Crippen LogP contribution in [0.4, 0.5) is 0 Å². The number of carbonyl (C=O) groups is 1. The lowest BCUT2D eigenvalue weighted by molar-refractivity contribution is -0.139. The number of amides is 1. The van der Waals surface area contributed by atoms with E-state index >= 15 is 0 Å². The van der Waals surface area contributed by atoms with Gasteiger partial charge in [-0.25, -0.2) is 0 Å². The zero-order valence-electron chi connectivity index (χ0n) is 14.4. The normalized spacial score (nSPS) is 25.7. The summed E-state index contributed by atoms with van der Waals surface area (Å²) in [5.74, 6) is 0.460. The average Bonchev–Trinajstić information content (AvgIpc) is 3.16. The van der Waals surface area contributed by atoms with E-state index in [1.54, 1.807) is 0 Å². The summed E-state index contributed by atoms with van der Waals surface area (Å²) >= 11 is 12.4. The van der Waals surface area contributed by atoms with Crippen LogP contribution in [0.2, 0.25) is 10.0 Å². The minimum absolute atomic E-state index is 0.000247. The standard InChI is InChI=1S/C22H21Cl2NO/c23-17-10-8-15(9-11-17)22-20(16-4-3-5-18(24)14-16)12-13-21(26)25(22)19-6-1-2-7-19/h1,3-6,8-11,14,19-20,22H,2,7,12-13H2. The second kappa shape index (κ2) is 7.46. The maximum absolute atomic E-state index is 12.9. The van der Waals surface area contributed by atoms with Crippen LogP contribution in [0.25, 0.3) is 0 Å². The van der Waals surface area contributed by atoms with Crippen LogP contribution in [0.1, 0.15) is 48.8 Å². The first kappa shape index (κ1) is 17.6. The maximum Gasteiger partial charge on any atom is 0.223 e. The number of benzene rings is 2. The molecule has 1 heterocycles. The van der Waals surface area contributed by atoms with E-state index in [9.17, 15) is 4.79 Å². The van der Waals surface area contributed by atoms with Crippen molar-refractivity contribution in [3.63, 3.8) is 0 Å². The average molecular weight is 386 g/mol. The number of nitrogens with zero attached hydrogens (tertiary/aromatic N) is 1. The highest BCUT2D eigenvalue weighted by Gasteiger charge is 2.40. The molecule has 2 aromatic rings. The Labute approximate surface area is 164 Å². The Morgan fingerprint density at radius 1 is 0.923 bits per heavy atom. The van der Waals surface area contributed by atoms with Gasteiger partial charge in [0.1, 0.15) is 0 Å². The van der Waals surface area contributed by atoms with Gasteiger partial charge >= 0.3 is 0 Å². The number of halogens is 2. The van der Waals surface area contributed by atoms with Gasteiger partial charge in [-0.1, -0.05) is 59.6 Å². The van der Waals surface area contributed by atoms with Crippen molar-refractivity contribution >= 4 is 29.1 Å². The molecule has 2 aliphatic rings. The van der Waals surface area contributed by atoms with E-state index in [4.69, 9.17) is 23.2 Å². The van der Waals surface area contributed by atoms with Gasteiger partial charge in [0, 0.05) is 22.4 Å². The smallest absolute Gasteiger partial charge is 0.223 e. The molecule has 4 rings (SSSR count). The summed E-state index contributed by atoms with van der Waals surface area (Å²) in [5.41, 5.74) is 2.32. The zero-order valence-corrected chi connectivity index (χ0v) is 16.0. The monoisotopic (exact) mass is 385 g/mol. The third kappa shape index (κ3) is 3.41. The third-order valence-corrected chi connectivity index (χ3v) is 5.96. The fraction of sp³-hybridized carbons (Fsp3) is 0.318. The number of piperidine rings is 1. The molecule has 0 bridgehead atoms. The van der Waals surface area contributed by atoms with Gasteiger partial charge in [0.05, 0.1) is 12.1 Å². The molecule has 1 saturated heterocycles. The highest BCUT2D eigenvalue weighted by molar-refractivity contribution is 6.30. The van der Waals surface area contributed by atoms with Crippen molar-refractivity contribution in [1.82, 2.24) is 4.90 Å². The van der Waals surface area contributed by atoms with Gasteiger partial charge in [-0.05, 0) is 54.7 Å². The van der Waals surface area contributed by atoms with Crippen molar-refractivity contribution < 1.29 is 4.79 Å². The first-order valence-electron chi connectivity index (χ1n) is 9.12. The van der Waals surface area contributed by atoms with Crippen molar-refractivity contribution in [2.45, 2.75) is 43.7 Å². The Morgan fingerprint density at radius 2 is 1.73 bits per heavy atom. The van der Waals surface area contributed by atoms with Gasteiger partial charge in [-0.2, -0.15) is 0 Å². The Morgan fingerprint density at radius 3 is 2.42 bits per heavy atom. The van der Waals surface area contributed by atoms with Gasteiger partial charge in [0.2, 0.25) is 5.91 Å². The zero-order chi connectivity index (χ0) is 18.1. The van der Waals surface area contributed by atoms with E-state index in [-0.39, 0.29) is 23.9 Å². The topological polar surface area (TPSA) is 20.3 Å². The van der Waals surface area contributed by atoms with Crippen molar-refractivity contribution in [3.8, 4) is 0 Å². The molecule has 3 atom stereocenters. The molecule has 0 aromatic heterocycles. The molecule has 4 heteroatoms. The second-order valence-corrected chi connectivity index (χ2v) is 7.94. The summed E-state index contributed by atoms with van der Waals surface area (Å²) in [6.07, 6.45) is 7.80. The maximum atomic E-state index is 12.9. The van der Waals surface area contributed by atoms with Crippen LogP contribution < -0.4 is 0 Å². The summed E-state index contributed by atoms with van der Waals surface area (Å²) < 4.78 is 0. The SMILES string of the molecule is O=C1CCC(c2cccc(Cl)c2)C(c2ccc(Cl)cc2)N1C1C=CCC1. The molecular weight excluding hydrogens is 365 g/mol. The fourth-order valence-corrected chi connectivity index (χ4v) is 4.62. The van der Waals surface area contributed by atoms with Gasteiger partial charge in [-0.15, -0.1) is 0 Å². The number of allylic oxidation sites excluding steroid dienone is 1. The van der Waals surface area contributed by atoms with Crippen LogP contribution in [0.3, 0.4) is 0 Å². The molecule has 26 heavy (non-hydrogen) atoms. The number of hydrogen-bond donors (Lipinski definition) is 0. The quantitative estimate of drug-likeness (QED) is 0.579. The number of rotatable bonds is 3. The van der Waals surface area contributed by atoms with Crippen LogP contribution in [0, 0.1) is 0 Å². The van der Waals surface area contributed by atoms with Gasteiger partial charge in [0.15, 0.2) is 0 Å². The second-order valence-electron chi connectivity index (χ2n) is 7.07. The number of carbonyl (C=O) groups excluding carboxylic acids is 1. The van der Waals surface area contributed by atoms with E-state index in [0.717, 1.165) is 29.8 Å². The minimum atomic E-state index is -0.000247. The van der Waals surface area contributed by atoms with E-state index in [2.05, 4.69) is 35.3 Å². The summed E-state index contributed by atoms with van der Waals surface area (Å²) in [5, 5.41) is 1.45. The lowest BCUT2D eigenvalue weighted by Gasteiger charge is -2.44. The Kier molecular flexibility index (Phi) is 5.06. The largest absolute Gasteiger partial charge is 0.329 e. The summed E-state index contributed by atoms with van der Waals surface area (Å²) in [6, 6.07) is 16.1. The molecule has 1 aliphatic heterocycles. The Bertz CT molecular complexity index is 830. The predicted molar refractivity (Wildman–Crippen MR) is 107 cm³/mol. The molecular formula is C22H21Cl2NO. The summed E-state index contributed by atoms with van der Waals surface area (Å²) in [6.45, 7) is 0. The van der Waals surface area contributed by atoms with Gasteiger partial charge in [-0.3, -0.25) is 4.79 Å². The third-order valence-electron chi connectivity index (χ3n) is 5.47. The first-order chi connectivity index (χ1) is 12.6. The first-order valence-corrected chi connectivity index (χ1v) is 9.88. The molecule has 0 radical (unpaired) electrons. The molecule has 0 spiro atoms. The molecule has 0 N–H and O–H groups in total. The van der Waals surface area contributed by atoms with Crippen LogP contribution >= 0.6 is 23.2 Å². The van der Waals surface area contributed by atoms with Gasteiger partial charge in [0.25, 0.3) is 0 Å². The van der Waals surface area contributed by atoms with Crippen LogP contribution in [0.5, 0.6) is 0 Å².